The molecule has 148 valence electrons. The minimum absolute atomic E-state index is 0.00554. The highest BCUT2D eigenvalue weighted by atomic mass is 19.1. The molecule has 0 aliphatic rings. The second-order valence-electron chi connectivity index (χ2n) is 6.75. The third-order valence-electron chi connectivity index (χ3n) is 4.89. The van der Waals surface area contributed by atoms with Crippen LogP contribution in [0.2, 0.25) is 0 Å². The Morgan fingerprint density at radius 1 is 1.10 bits per heavy atom. The van der Waals surface area contributed by atoms with Gasteiger partial charge in [-0.2, -0.15) is 5.10 Å². The van der Waals surface area contributed by atoms with Crippen molar-refractivity contribution < 1.29 is 13.6 Å². The molecule has 0 unspecified atom stereocenters. The van der Waals surface area contributed by atoms with Gasteiger partial charge in [0.05, 0.1) is 35.7 Å². The van der Waals surface area contributed by atoms with Crippen LogP contribution in [0.15, 0.2) is 66.1 Å². The molecular formula is C21H13F2N5O2. The lowest BCUT2D eigenvalue weighted by atomic mass is 10.0. The van der Waals surface area contributed by atoms with Gasteiger partial charge in [0, 0.05) is 29.5 Å². The second-order valence-corrected chi connectivity index (χ2v) is 6.75. The van der Waals surface area contributed by atoms with Gasteiger partial charge >= 0.3 is 0 Å². The lowest BCUT2D eigenvalue weighted by molar-refractivity contribution is 0.103. The van der Waals surface area contributed by atoms with E-state index >= 15 is 0 Å². The smallest absolute Gasteiger partial charge is 0.275 e. The number of halogens is 2. The molecule has 0 fully saturated rings. The number of aromatic nitrogens is 5. The van der Waals surface area contributed by atoms with Gasteiger partial charge in [-0.05, 0) is 24.3 Å². The SMILES string of the molecule is O=C(c1c(F)cncc1F)c1c[nH]c2c(=O)n(Cc3cc4ccccn4n3)ccc12. The molecule has 5 aromatic heterocycles. The van der Waals surface area contributed by atoms with E-state index in [0.29, 0.717) is 5.69 Å². The lowest BCUT2D eigenvalue weighted by Gasteiger charge is -2.05. The standard InChI is InChI=1S/C21H13F2N5O2/c22-16-9-24-10-17(23)18(16)20(29)15-8-25-19-14(15)4-6-27(21(19)30)11-12-7-13-3-1-2-5-28(13)26-12/h1-10,25H,11H2. The van der Waals surface area contributed by atoms with E-state index in [1.54, 1.807) is 10.6 Å². The minimum Gasteiger partial charge on any atom is -0.356 e. The highest BCUT2D eigenvalue weighted by Crippen LogP contribution is 2.22. The van der Waals surface area contributed by atoms with Crippen LogP contribution in [0.25, 0.3) is 16.4 Å². The maximum absolute atomic E-state index is 14.0. The van der Waals surface area contributed by atoms with E-state index in [1.165, 1.54) is 17.0 Å². The van der Waals surface area contributed by atoms with Crippen LogP contribution in [0.3, 0.4) is 0 Å². The molecule has 0 aliphatic carbocycles. The van der Waals surface area contributed by atoms with Crippen LogP contribution < -0.4 is 5.56 Å². The molecule has 30 heavy (non-hydrogen) atoms. The van der Waals surface area contributed by atoms with Crippen molar-refractivity contribution in [3.05, 3.63) is 100 Å². The molecule has 1 N–H and O–H groups in total. The van der Waals surface area contributed by atoms with Crippen LogP contribution in [-0.2, 0) is 6.54 Å². The van der Waals surface area contributed by atoms with Crippen molar-refractivity contribution in [2.75, 3.05) is 0 Å². The third-order valence-corrected chi connectivity index (χ3v) is 4.89. The van der Waals surface area contributed by atoms with Gasteiger partial charge in [-0.25, -0.2) is 13.3 Å². The summed E-state index contributed by atoms with van der Waals surface area (Å²) in [6.07, 6.45) is 6.16. The fourth-order valence-corrected chi connectivity index (χ4v) is 3.48. The second kappa shape index (κ2) is 6.73. The van der Waals surface area contributed by atoms with Crippen molar-refractivity contribution in [2.24, 2.45) is 0 Å². The van der Waals surface area contributed by atoms with Crippen molar-refractivity contribution in [2.45, 2.75) is 6.54 Å². The van der Waals surface area contributed by atoms with Gasteiger partial charge in [0.2, 0.25) is 5.78 Å². The molecule has 0 aromatic carbocycles. The molecule has 0 aliphatic heterocycles. The molecule has 0 bridgehead atoms. The number of H-pyrrole nitrogens is 1. The van der Waals surface area contributed by atoms with Crippen LogP contribution >= 0.6 is 0 Å². The first-order valence-electron chi connectivity index (χ1n) is 9.00. The first kappa shape index (κ1) is 17.9. The number of fused-ring (bicyclic) bond motifs is 2. The van der Waals surface area contributed by atoms with Crippen LogP contribution in [0, 0.1) is 11.6 Å². The number of ketones is 1. The van der Waals surface area contributed by atoms with Gasteiger partial charge in [0.1, 0.15) is 5.52 Å². The highest BCUT2D eigenvalue weighted by Gasteiger charge is 2.23. The Hall–Kier alpha value is -4.14. The summed E-state index contributed by atoms with van der Waals surface area (Å²) in [7, 11) is 0. The van der Waals surface area contributed by atoms with Gasteiger partial charge < -0.3 is 9.55 Å². The number of nitrogens with zero attached hydrogens (tertiary/aromatic N) is 4. The summed E-state index contributed by atoms with van der Waals surface area (Å²) in [6.45, 7) is 0.229. The first-order valence-corrected chi connectivity index (χ1v) is 9.00. The number of carbonyl (C=O) groups excluding carboxylic acids is 1. The fourth-order valence-electron chi connectivity index (χ4n) is 3.48. The molecule has 5 heterocycles. The average molecular weight is 405 g/mol. The Kier molecular flexibility index (Phi) is 4.02. The Balaban J connectivity index is 1.55. The number of aromatic amines is 1. The highest BCUT2D eigenvalue weighted by molar-refractivity contribution is 6.16. The number of nitrogens with one attached hydrogen (secondary N) is 1. The minimum atomic E-state index is -1.06. The predicted octanol–water partition coefficient (Wildman–Crippen LogP) is 2.93. The summed E-state index contributed by atoms with van der Waals surface area (Å²) < 4.78 is 31.1. The van der Waals surface area contributed by atoms with E-state index in [4.69, 9.17) is 0 Å². The quantitative estimate of drug-likeness (QED) is 0.466. The van der Waals surface area contributed by atoms with Gasteiger partial charge in [-0.15, -0.1) is 0 Å². The van der Waals surface area contributed by atoms with E-state index in [-0.39, 0.29) is 28.6 Å². The predicted molar refractivity (Wildman–Crippen MR) is 104 cm³/mol. The molecule has 5 rings (SSSR count). The first-order chi connectivity index (χ1) is 14.5. The Morgan fingerprint density at radius 3 is 2.67 bits per heavy atom. The van der Waals surface area contributed by atoms with E-state index < -0.39 is 23.0 Å². The van der Waals surface area contributed by atoms with Crippen LogP contribution in [-0.4, -0.2) is 29.9 Å². The maximum Gasteiger partial charge on any atom is 0.275 e. The largest absolute Gasteiger partial charge is 0.356 e. The zero-order valence-electron chi connectivity index (χ0n) is 15.3. The van der Waals surface area contributed by atoms with Gasteiger partial charge in [-0.1, -0.05) is 6.07 Å². The number of pyridine rings is 3. The van der Waals surface area contributed by atoms with Crippen molar-refractivity contribution in [3.63, 3.8) is 0 Å². The molecule has 0 radical (unpaired) electrons. The topological polar surface area (TPSA) is 85.0 Å². The number of carbonyl (C=O) groups is 1. The van der Waals surface area contributed by atoms with Crippen molar-refractivity contribution in [1.82, 2.24) is 24.1 Å². The van der Waals surface area contributed by atoms with Crippen LogP contribution in [0.1, 0.15) is 21.6 Å². The summed E-state index contributed by atoms with van der Waals surface area (Å²) >= 11 is 0. The zero-order chi connectivity index (χ0) is 20.8. The monoisotopic (exact) mass is 405 g/mol. The molecule has 0 amide bonds. The molecule has 0 spiro atoms. The average Bonchev–Trinajstić information content (AvgIpc) is 3.34. The summed E-state index contributed by atoms with van der Waals surface area (Å²) in [5.41, 5.74) is 0.673. The van der Waals surface area contributed by atoms with E-state index in [1.807, 2.05) is 30.5 Å². The molecule has 0 saturated carbocycles. The Bertz CT molecular complexity index is 1450. The summed E-state index contributed by atoms with van der Waals surface area (Å²) in [4.78, 5) is 31.7. The summed E-state index contributed by atoms with van der Waals surface area (Å²) in [5.74, 6) is -2.99. The Labute approximate surface area is 167 Å². The van der Waals surface area contributed by atoms with Gasteiger partial charge in [0.25, 0.3) is 5.56 Å². The molecule has 9 heteroatoms. The summed E-state index contributed by atoms with van der Waals surface area (Å²) in [5, 5.41) is 4.71. The van der Waals surface area contributed by atoms with Crippen molar-refractivity contribution in [1.29, 1.82) is 0 Å². The molecule has 7 nitrogen and oxygen atoms in total. The van der Waals surface area contributed by atoms with Gasteiger partial charge in [-0.3, -0.25) is 14.6 Å². The molecule has 0 saturated heterocycles. The van der Waals surface area contributed by atoms with Gasteiger partial charge in [0.15, 0.2) is 11.6 Å². The number of hydrogen-bond acceptors (Lipinski definition) is 4. The van der Waals surface area contributed by atoms with Crippen molar-refractivity contribution >= 4 is 22.2 Å². The van der Waals surface area contributed by atoms with Crippen LogP contribution in [0.4, 0.5) is 8.78 Å². The van der Waals surface area contributed by atoms with E-state index in [9.17, 15) is 18.4 Å². The zero-order valence-corrected chi connectivity index (χ0v) is 15.3. The van der Waals surface area contributed by atoms with E-state index in [2.05, 4.69) is 15.1 Å². The third kappa shape index (κ3) is 2.79. The Morgan fingerprint density at radius 2 is 1.90 bits per heavy atom. The van der Waals surface area contributed by atoms with Crippen LogP contribution in [0.5, 0.6) is 0 Å². The molecular weight excluding hydrogens is 392 g/mol. The fraction of sp³-hybridized carbons (Fsp3) is 0.0476. The molecule has 5 aromatic rings. The number of hydrogen-bond donors (Lipinski definition) is 1. The normalized spacial score (nSPS) is 11.4. The molecule has 0 atom stereocenters. The summed E-state index contributed by atoms with van der Waals surface area (Å²) in [6, 6.07) is 9.09. The van der Waals surface area contributed by atoms with E-state index in [0.717, 1.165) is 17.9 Å². The maximum atomic E-state index is 14.0. The van der Waals surface area contributed by atoms with Crippen molar-refractivity contribution in [3.8, 4) is 0 Å². The number of rotatable bonds is 4. The lowest BCUT2D eigenvalue weighted by Crippen LogP contribution is -2.20.